The summed E-state index contributed by atoms with van der Waals surface area (Å²) in [6.45, 7) is 3.84. The maximum Gasteiger partial charge on any atom is 0.276 e. The quantitative estimate of drug-likeness (QED) is 0.416. The second-order valence-electron chi connectivity index (χ2n) is 7.56. The van der Waals surface area contributed by atoms with Crippen molar-refractivity contribution in [1.82, 2.24) is 19.7 Å². The number of ether oxygens (including phenoxy) is 1. The zero-order valence-corrected chi connectivity index (χ0v) is 19.9. The summed E-state index contributed by atoms with van der Waals surface area (Å²) in [6.07, 6.45) is 1.59. The largest absolute Gasteiger partial charge is 0.481 e. The highest BCUT2D eigenvalue weighted by Gasteiger charge is 2.24. The molecule has 3 heterocycles. The predicted octanol–water partition coefficient (Wildman–Crippen LogP) is 3.08. The fourth-order valence-electron chi connectivity index (χ4n) is 3.67. The number of benzene rings is 1. The van der Waals surface area contributed by atoms with Gasteiger partial charge in [-0.05, 0) is 44.2 Å². The number of aromatic nitrogens is 4. The van der Waals surface area contributed by atoms with Crippen molar-refractivity contribution in [2.45, 2.75) is 25.2 Å². The fraction of sp³-hybridized carbons (Fsp3) is 0.208. The van der Waals surface area contributed by atoms with Crippen LogP contribution in [-0.2, 0) is 16.4 Å². The molecule has 0 radical (unpaired) electrons. The summed E-state index contributed by atoms with van der Waals surface area (Å²) in [5.74, 6) is 0.765. The molecule has 0 saturated carbocycles. The zero-order valence-electron chi connectivity index (χ0n) is 19.1. The molecule has 1 aromatic carbocycles. The molecule has 10 heteroatoms. The van der Waals surface area contributed by atoms with E-state index < -0.39 is 10.0 Å². The molecule has 0 aliphatic carbocycles. The summed E-state index contributed by atoms with van der Waals surface area (Å²) >= 11 is 0. The Bertz CT molecular complexity index is 1440. The molecule has 34 heavy (non-hydrogen) atoms. The summed E-state index contributed by atoms with van der Waals surface area (Å²) < 4.78 is 34.1. The van der Waals surface area contributed by atoms with Crippen LogP contribution in [0.1, 0.15) is 23.9 Å². The molecule has 4 rings (SSSR count). The van der Waals surface area contributed by atoms with E-state index in [4.69, 9.17) is 4.74 Å². The summed E-state index contributed by atoms with van der Waals surface area (Å²) in [5, 5.41) is 3.02. The molecule has 0 atom stereocenters. The maximum atomic E-state index is 13.2. The highest BCUT2D eigenvalue weighted by molar-refractivity contribution is 7.92. The fourth-order valence-corrected chi connectivity index (χ4v) is 5.09. The average Bonchev–Trinajstić information content (AvgIpc) is 3.13. The first-order chi connectivity index (χ1) is 16.3. The lowest BCUT2D eigenvalue weighted by Crippen LogP contribution is -2.31. The molecule has 4 aromatic rings. The Morgan fingerprint density at radius 2 is 1.82 bits per heavy atom. The third-order valence-corrected chi connectivity index (χ3v) is 7.30. The van der Waals surface area contributed by atoms with Gasteiger partial charge in [0.1, 0.15) is 4.90 Å². The first kappa shape index (κ1) is 23.2. The summed E-state index contributed by atoms with van der Waals surface area (Å²) in [7, 11) is -2.27. The minimum absolute atomic E-state index is 0.0408. The molecular weight excluding hydrogens is 454 g/mol. The number of anilines is 1. The van der Waals surface area contributed by atoms with Gasteiger partial charge in [-0.25, -0.2) is 23.1 Å². The number of para-hydroxylation sites is 1. The van der Waals surface area contributed by atoms with Gasteiger partial charge in [0.15, 0.2) is 5.82 Å². The van der Waals surface area contributed by atoms with E-state index in [1.54, 1.807) is 44.2 Å². The van der Waals surface area contributed by atoms with Crippen molar-refractivity contribution in [1.29, 1.82) is 0 Å². The molecule has 1 N–H and O–H groups in total. The number of rotatable bonds is 8. The van der Waals surface area contributed by atoms with Gasteiger partial charge >= 0.3 is 0 Å². The number of H-pyrrole nitrogens is 1. The molecule has 0 bridgehead atoms. The van der Waals surface area contributed by atoms with Crippen molar-refractivity contribution in [2.24, 2.45) is 0 Å². The second kappa shape index (κ2) is 9.52. The topological polar surface area (TPSA) is 110 Å². The van der Waals surface area contributed by atoms with Crippen molar-refractivity contribution in [3.05, 3.63) is 94.2 Å². The van der Waals surface area contributed by atoms with Crippen LogP contribution in [0.15, 0.2) is 76.6 Å². The molecule has 0 spiro atoms. The SMILES string of the molecule is CCN(c1ccccc1)S(=O)(=O)c1ccc(-n2[nH]c(C)c(Cc3cccc(OC)n3)c2=O)nc1. The second-order valence-corrected chi connectivity index (χ2v) is 9.42. The number of aryl methyl sites for hydroxylation is 1. The van der Waals surface area contributed by atoms with Crippen LogP contribution in [0.5, 0.6) is 5.88 Å². The molecule has 0 saturated heterocycles. The van der Waals surface area contributed by atoms with Crippen molar-refractivity contribution in [2.75, 3.05) is 18.0 Å². The normalized spacial score (nSPS) is 11.4. The number of hydrogen-bond donors (Lipinski definition) is 1. The molecule has 0 aliphatic heterocycles. The first-order valence-corrected chi connectivity index (χ1v) is 12.1. The van der Waals surface area contributed by atoms with Gasteiger partial charge in [0.25, 0.3) is 15.6 Å². The van der Waals surface area contributed by atoms with Crippen molar-refractivity contribution < 1.29 is 13.2 Å². The van der Waals surface area contributed by atoms with Gasteiger partial charge < -0.3 is 4.74 Å². The molecule has 9 nitrogen and oxygen atoms in total. The highest BCUT2D eigenvalue weighted by Crippen LogP contribution is 2.23. The Kier molecular flexibility index (Phi) is 6.51. The minimum atomic E-state index is -3.81. The molecule has 0 unspecified atom stereocenters. The van der Waals surface area contributed by atoms with E-state index in [0.29, 0.717) is 40.8 Å². The van der Waals surface area contributed by atoms with E-state index in [1.807, 2.05) is 18.2 Å². The Morgan fingerprint density at radius 3 is 2.47 bits per heavy atom. The molecule has 0 amide bonds. The van der Waals surface area contributed by atoms with Gasteiger partial charge in [0.2, 0.25) is 5.88 Å². The monoisotopic (exact) mass is 479 g/mol. The lowest BCUT2D eigenvalue weighted by atomic mass is 10.1. The van der Waals surface area contributed by atoms with Gasteiger partial charge in [-0.2, -0.15) is 0 Å². The van der Waals surface area contributed by atoms with E-state index in [1.165, 1.54) is 34.4 Å². The number of nitrogens with one attached hydrogen (secondary N) is 1. The van der Waals surface area contributed by atoms with Gasteiger partial charge in [0, 0.05) is 42.2 Å². The number of nitrogens with zero attached hydrogens (tertiary/aromatic N) is 4. The average molecular weight is 480 g/mol. The van der Waals surface area contributed by atoms with Crippen molar-refractivity contribution >= 4 is 15.7 Å². The van der Waals surface area contributed by atoms with Gasteiger partial charge in [-0.15, -0.1) is 0 Å². The summed E-state index contributed by atoms with van der Waals surface area (Å²) in [5.41, 5.74) is 2.21. The summed E-state index contributed by atoms with van der Waals surface area (Å²) in [4.78, 5) is 21.8. The third-order valence-electron chi connectivity index (χ3n) is 5.41. The van der Waals surface area contributed by atoms with Crippen LogP contribution in [0, 0.1) is 6.92 Å². The van der Waals surface area contributed by atoms with Crippen molar-refractivity contribution in [3.63, 3.8) is 0 Å². The lowest BCUT2D eigenvalue weighted by molar-refractivity contribution is 0.396. The third kappa shape index (κ3) is 4.44. The van der Waals surface area contributed by atoms with Crippen LogP contribution in [0.2, 0.25) is 0 Å². The van der Waals surface area contributed by atoms with Crippen LogP contribution in [0.25, 0.3) is 5.82 Å². The van der Waals surface area contributed by atoms with Crippen molar-refractivity contribution in [3.8, 4) is 11.7 Å². The molecule has 0 fully saturated rings. The van der Waals surface area contributed by atoms with Crippen LogP contribution in [0.4, 0.5) is 5.69 Å². The Morgan fingerprint density at radius 1 is 1.06 bits per heavy atom. The van der Waals surface area contributed by atoms with E-state index >= 15 is 0 Å². The standard InChI is InChI=1S/C24H25N5O4S/c1-4-28(19-10-6-5-7-11-19)34(31,32)20-13-14-22(25-16-20)29-24(30)21(17(2)27-29)15-18-9-8-12-23(26-18)33-3/h5-14,16,27H,4,15H2,1-3H3. The number of methoxy groups -OCH3 is 1. The lowest BCUT2D eigenvalue weighted by Gasteiger charge is -2.22. The molecule has 3 aromatic heterocycles. The van der Waals surface area contributed by atoms with E-state index in [-0.39, 0.29) is 17.0 Å². The molecule has 176 valence electrons. The number of pyridine rings is 2. The number of hydrogen-bond acceptors (Lipinski definition) is 6. The number of aromatic amines is 1. The van der Waals surface area contributed by atoms with Crippen LogP contribution < -0.4 is 14.6 Å². The minimum Gasteiger partial charge on any atom is -0.481 e. The Balaban J connectivity index is 1.63. The van der Waals surface area contributed by atoms with Gasteiger partial charge in [-0.1, -0.05) is 24.3 Å². The summed E-state index contributed by atoms with van der Waals surface area (Å²) in [6, 6.07) is 17.2. The maximum absolute atomic E-state index is 13.2. The first-order valence-electron chi connectivity index (χ1n) is 10.7. The smallest absolute Gasteiger partial charge is 0.276 e. The van der Waals surface area contributed by atoms with Crippen LogP contribution >= 0.6 is 0 Å². The number of sulfonamides is 1. The molecule has 0 aliphatic rings. The predicted molar refractivity (Wildman–Crippen MR) is 129 cm³/mol. The Hall–Kier alpha value is -3.92. The van der Waals surface area contributed by atoms with Gasteiger partial charge in [-0.3, -0.25) is 14.2 Å². The van der Waals surface area contributed by atoms with E-state index in [0.717, 1.165) is 0 Å². The van der Waals surface area contributed by atoms with Crippen LogP contribution in [0.3, 0.4) is 0 Å². The molecular formula is C24H25N5O4S. The highest BCUT2D eigenvalue weighted by atomic mass is 32.2. The van der Waals surface area contributed by atoms with Crippen LogP contribution in [-0.4, -0.2) is 41.8 Å². The van der Waals surface area contributed by atoms with E-state index in [9.17, 15) is 13.2 Å². The van der Waals surface area contributed by atoms with Gasteiger partial charge in [0.05, 0.1) is 12.8 Å². The zero-order chi connectivity index (χ0) is 24.3. The Labute approximate surface area is 197 Å². The van der Waals surface area contributed by atoms with E-state index in [2.05, 4.69) is 15.1 Å².